The molecule has 4 aromatic rings. The minimum absolute atomic E-state index is 0.677. The SMILES string of the molecule is COc1ccc(/C=N/Nc2nc(-c3ccc(Cl)cc3)c(-c3ccccc3)s2)c(OC)c1. The Balaban J connectivity index is 1.64. The quantitative estimate of drug-likeness (QED) is 0.255. The average molecular weight is 450 g/mol. The van der Waals surface area contributed by atoms with E-state index >= 15 is 0 Å². The van der Waals surface area contributed by atoms with E-state index in [0.717, 1.165) is 33.0 Å². The van der Waals surface area contributed by atoms with Crippen LogP contribution in [0, 0.1) is 0 Å². The molecule has 31 heavy (non-hydrogen) atoms. The lowest BCUT2D eigenvalue weighted by molar-refractivity contribution is 0.394. The van der Waals surface area contributed by atoms with Crippen LogP contribution in [0.3, 0.4) is 0 Å². The molecule has 7 heteroatoms. The Kier molecular flexibility index (Phi) is 6.50. The molecule has 0 aliphatic rings. The first-order valence-electron chi connectivity index (χ1n) is 9.51. The molecule has 0 radical (unpaired) electrons. The second-order valence-corrected chi connectivity index (χ2v) is 7.98. The lowest BCUT2D eigenvalue weighted by atomic mass is 10.1. The number of rotatable bonds is 7. The van der Waals surface area contributed by atoms with E-state index in [1.54, 1.807) is 31.8 Å². The number of ether oxygens (including phenoxy) is 2. The molecule has 1 aromatic heterocycles. The number of benzene rings is 3. The van der Waals surface area contributed by atoms with Gasteiger partial charge >= 0.3 is 0 Å². The number of hydrogen-bond acceptors (Lipinski definition) is 6. The third-order valence-electron chi connectivity index (χ3n) is 4.59. The van der Waals surface area contributed by atoms with Crippen LogP contribution in [0.25, 0.3) is 21.7 Å². The van der Waals surface area contributed by atoms with Gasteiger partial charge in [-0.15, -0.1) is 0 Å². The molecule has 3 aromatic carbocycles. The second kappa shape index (κ2) is 9.64. The molecule has 0 aliphatic heterocycles. The highest BCUT2D eigenvalue weighted by Gasteiger charge is 2.15. The molecular weight excluding hydrogens is 430 g/mol. The molecule has 156 valence electrons. The van der Waals surface area contributed by atoms with Crippen LogP contribution >= 0.6 is 22.9 Å². The summed E-state index contributed by atoms with van der Waals surface area (Å²) in [5.74, 6) is 1.40. The fourth-order valence-electron chi connectivity index (χ4n) is 3.04. The summed E-state index contributed by atoms with van der Waals surface area (Å²) in [5, 5.41) is 5.74. The van der Waals surface area contributed by atoms with Gasteiger partial charge in [0.1, 0.15) is 11.5 Å². The van der Waals surface area contributed by atoms with E-state index in [1.165, 1.54) is 0 Å². The third-order valence-corrected chi connectivity index (χ3v) is 5.85. The summed E-state index contributed by atoms with van der Waals surface area (Å²) in [6, 6.07) is 23.4. The van der Waals surface area contributed by atoms with Crippen LogP contribution < -0.4 is 14.9 Å². The highest BCUT2D eigenvalue weighted by atomic mass is 35.5. The van der Waals surface area contributed by atoms with E-state index in [0.29, 0.717) is 15.9 Å². The Hall–Kier alpha value is -3.35. The van der Waals surface area contributed by atoms with Crippen molar-refractivity contribution >= 4 is 34.3 Å². The Morgan fingerprint density at radius 2 is 1.71 bits per heavy atom. The highest BCUT2D eigenvalue weighted by Crippen LogP contribution is 2.39. The smallest absolute Gasteiger partial charge is 0.204 e. The fraction of sp³-hybridized carbons (Fsp3) is 0.0833. The van der Waals surface area contributed by atoms with Gasteiger partial charge in [-0.1, -0.05) is 65.4 Å². The summed E-state index contributed by atoms with van der Waals surface area (Å²) in [5.41, 5.74) is 6.85. The zero-order valence-electron chi connectivity index (χ0n) is 17.0. The van der Waals surface area contributed by atoms with Gasteiger partial charge in [-0.3, -0.25) is 5.43 Å². The summed E-state index contributed by atoms with van der Waals surface area (Å²) in [6.07, 6.45) is 1.70. The Morgan fingerprint density at radius 1 is 0.935 bits per heavy atom. The van der Waals surface area contributed by atoms with Crippen molar-refractivity contribution in [2.24, 2.45) is 5.10 Å². The van der Waals surface area contributed by atoms with Gasteiger partial charge in [-0.25, -0.2) is 4.98 Å². The minimum Gasteiger partial charge on any atom is -0.497 e. The second-order valence-electron chi connectivity index (χ2n) is 6.55. The molecule has 0 saturated heterocycles. The fourth-order valence-corrected chi connectivity index (χ4v) is 4.11. The minimum atomic E-state index is 0.677. The van der Waals surface area contributed by atoms with Gasteiger partial charge in [-0.2, -0.15) is 5.10 Å². The highest BCUT2D eigenvalue weighted by molar-refractivity contribution is 7.19. The predicted octanol–water partition coefficient (Wildman–Crippen LogP) is 6.59. The van der Waals surface area contributed by atoms with Crippen molar-refractivity contribution in [1.29, 1.82) is 0 Å². The van der Waals surface area contributed by atoms with E-state index in [2.05, 4.69) is 22.7 Å². The van der Waals surface area contributed by atoms with Crippen molar-refractivity contribution in [2.45, 2.75) is 0 Å². The van der Waals surface area contributed by atoms with Crippen molar-refractivity contribution in [2.75, 3.05) is 19.6 Å². The summed E-state index contributed by atoms with van der Waals surface area (Å²) < 4.78 is 10.7. The third kappa shape index (κ3) is 4.87. The number of nitrogens with one attached hydrogen (secondary N) is 1. The van der Waals surface area contributed by atoms with Crippen molar-refractivity contribution < 1.29 is 9.47 Å². The van der Waals surface area contributed by atoms with E-state index in [4.69, 9.17) is 26.1 Å². The molecule has 0 aliphatic carbocycles. The average Bonchev–Trinajstić information content (AvgIpc) is 3.24. The number of anilines is 1. The van der Waals surface area contributed by atoms with Crippen LogP contribution in [0.5, 0.6) is 11.5 Å². The van der Waals surface area contributed by atoms with E-state index in [1.807, 2.05) is 60.7 Å². The van der Waals surface area contributed by atoms with Crippen LogP contribution in [0.2, 0.25) is 5.02 Å². The maximum absolute atomic E-state index is 6.06. The Bertz CT molecular complexity index is 1190. The largest absolute Gasteiger partial charge is 0.497 e. The number of methoxy groups -OCH3 is 2. The van der Waals surface area contributed by atoms with Crippen LogP contribution in [0.4, 0.5) is 5.13 Å². The van der Waals surface area contributed by atoms with E-state index in [9.17, 15) is 0 Å². The van der Waals surface area contributed by atoms with Crippen LogP contribution in [0.15, 0.2) is 77.9 Å². The number of hydrazone groups is 1. The number of halogens is 1. The molecule has 0 amide bonds. The van der Waals surface area contributed by atoms with E-state index in [-0.39, 0.29) is 0 Å². The van der Waals surface area contributed by atoms with Crippen molar-refractivity contribution in [3.05, 3.63) is 83.4 Å². The van der Waals surface area contributed by atoms with Gasteiger partial charge in [0, 0.05) is 22.2 Å². The maximum Gasteiger partial charge on any atom is 0.204 e. The number of nitrogens with zero attached hydrogens (tertiary/aromatic N) is 2. The summed E-state index contributed by atoms with van der Waals surface area (Å²) in [4.78, 5) is 5.84. The first-order chi connectivity index (χ1) is 15.2. The van der Waals surface area contributed by atoms with Gasteiger partial charge in [-0.05, 0) is 29.8 Å². The Labute approximate surface area is 190 Å². The first-order valence-corrected chi connectivity index (χ1v) is 10.7. The Morgan fingerprint density at radius 3 is 2.42 bits per heavy atom. The molecule has 0 unspecified atom stereocenters. The molecule has 5 nitrogen and oxygen atoms in total. The number of hydrogen-bond donors (Lipinski definition) is 1. The van der Waals surface area contributed by atoms with Gasteiger partial charge in [0.25, 0.3) is 0 Å². The van der Waals surface area contributed by atoms with Crippen molar-refractivity contribution in [3.8, 4) is 33.2 Å². The van der Waals surface area contributed by atoms with Crippen LogP contribution in [0.1, 0.15) is 5.56 Å². The topological polar surface area (TPSA) is 55.7 Å². The van der Waals surface area contributed by atoms with Crippen molar-refractivity contribution in [3.63, 3.8) is 0 Å². The lowest BCUT2D eigenvalue weighted by Crippen LogP contribution is -1.95. The van der Waals surface area contributed by atoms with Gasteiger partial charge in [0.05, 0.1) is 31.0 Å². The molecule has 0 fully saturated rings. The normalized spacial score (nSPS) is 10.9. The molecular formula is C24H20ClN3O2S. The van der Waals surface area contributed by atoms with Crippen LogP contribution in [-0.4, -0.2) is 25.4 Å². The predicted molar refractivity (Wildman–Crippen MR) is 129 cm³/mol. The van der Waals surface area contributed by atoms with Gasteiger partial charge in [0.2, 0.25) is 5.13 Å². The number of aromatic nitrogens is 1. The maximum atomic E-state index is 6.06. The van der Waals surface area contributed by atoms with E-state index < -0.39 is 0 Å². The first kappa shape index (κ1) is 20.9. The molecule has 0 spiro atoms. The molecule has 0 saturated carbocycles. The molecule has 0 atom stereocenters. The summed E-state index contributed by atoms with van der Waals surface area (Å²) >= 11 is 7.61. The molecule has 1 N–H and O–H groups in total. The molecule has 1 heterocycles. The monoisotopic (exact) mass is 449 g/mol. The summed E-state index contributed by atoms with van der Waals surface area (Å²) in [7, 11) is 3.24. The van der Waals surface area contributed by atoms with Crippen LogP contribution in [-0.2, 0) is 0 Å². The lowest BCUT2D eigenvalue weighted by Gasteiger charge is -2.06. The zero-order valence-corrected chi connectivity index (χ0v) is 18.6. The van der Waals surface area contributed by atoms with Crippen molar-refractivity contribution in [1.82, 2.24) is 4.98 Å². The summed E-state index contributed by atoms with van der Waals surface area (Å²) in [6.45, 7) is 0. The molecule has 4 rings (SSSR count). The molecule has 0 bridgehead atoms. The van der Waals surface area contributed by atoms with Gasteiger partial charge in [0.15, 0.2) is 0 Å². The standard InChI is InChI=1S/C24H20ClN3O2S/c1-29-20-13-10-18(21(14-20)30-2)15-26-28-24-27-22(16-8-11-19(25)12-9-16)23(31-24)17-6-4-3-5-7-17/h3-15H,1-2H3,(H,27,28)/b26-15+. The van der Waals surface area contributed by atoms with Gasteiger partial charge < -0.3 is 9.47 Å². The zero-order chi connectivity index (χ0) is 21.6. The number of thiazole rings is 1.